The zero-order valence-electron chi connectivity index (χ0n) is 15.5. The standard InChI is InChI=1S/C20H25N5O2/c1-16(26)23-13-20(27)25-10-9-24(19-5-3-2-4-6-19)14-17(15-25)11-18-12-21-7-8-22-18/h2-8,12,17H,9-11,13-15H2,1H3,(H,23,26)/t17-/m0/s1. The van der Waals surface area contributed by atoms with Crippen molar-refractivity contribution in [2.24, 2.45) is 5.92 Å². The second-order valence-electron chi connectivity index (χ2n) is 6.80. The number of hydrogen-bond donors (Lipinski definition) is 1. The molecule has 2 amide bonds. The van der Waals surface area contributed by atoms with Gasteiger partial charge in [0, 0.05) is 57.4 Å². The highest BCUT2D eigenvalue weighted by atomic mass is 16.2. The van der Waals surface area contributed by atoms with Crippen molar-refractivity contribution in [3.05, 3.63) is 54.6 Å². The number of anilines is 1. The third kappa shape index (κ3) is 5.51. The lowest BCUT2D eigenvalue weighted by Crippen LogP contribution is -2.42. The Morgan fingerprint density at radius 2 is 1.96 bits per heavy atom. The van der Waals surface area contributed by atoms with Crippen LogP contribution in [0.2, 0.25) is 0 Å². The van der Waals surface area contributed by atoms with Gasteiger partial charge < -0.3 is 15.1 Å². The Morgan fingerprint density at radius 1 is 1.15 bits per heavy atom. The van der Waals surface area contributed by atoms with Crippen LogP contribution in [0.5, 0.6) is 0 Å². The lowest BCUT2D eigenvalue weighted by Gasteiger charge is -2.25. The van der Waals surface area contributed by atoms with Gasteiger partial charge in [0.05, 0.1) is 12.2 Å². The lowest BCUT2D eigenvalue weighted by molar-refractivity contribution is -0.132. The number of para-hydroxylation sites is 1. The van der Waals surface area contributed by atoms with Crippen molar-refractivity contribution in [3.8, 4) is 0 Å². The van der Waals surface area contributed by atoms with Gasteiger partial charge in [-0.1, -0.05) is 18.2 Å². The number of amides is 2. The van der Waals surface area contributed by atoms with Crippen LogP contribution in [0.3, 0.4) is 0 Å². The maximum atomic E-state index is 12.6. The number of hydrogen-bond acceptors (Lipinski definition) is 5. The molecule has 0 aliphatic carbocycles. The molecule has 1 aromatic carbocycles. The van der Waals surface area contributed by atoms with E-state index < -0.39 is 0 Å². The van der Waals surface area contributed by atoms with Gasteiger partial charge in [0.25, 0.3) is 0 Å². The molecular formula is C20H25N5O2. The molecule has 2 heterocycles. The molecule has 7 heteroatoms. The predicted molar refractivity (Wildman–Crippen MR) is 103 cm³/mol. The Balaban J connectivity index is 1.75. The Kier molecular flexibility index (Phi) is 6.35. The minimum atomic E-state index is -0.194. The molecule has 0 spiro atoms. The average molecular weight is 367 g/mol. The van der Waals surface area contributed by atoms with Crippen LogP contribution in [0.4, 0.5) is 5.69 Å². The van der Waals surface area contributed by atoms with E-state index in [2.05, 4.69) is 32.3 Å². The number of nitrogens with one attached hydrogen (secondary N) is 1. The van der Waals surface area contributed by atoms with E-state index in [4.69, 9.17) is 0 Å². The van der Waals surface area contributed by atoms with Gasteiger partial charge in [0.2, 0.25) is 11.8 Å². The number of rotatable bonds is 5. The second-order valence-corrected chi connectivity index (χ2v) is 6.80. The number of carbonyl (C=O) groups excluding carboxylic acids is 2. The summed E-state index contributed by atoms with van der Waals surface area (Å²) in [4.78, 5) is 36.4. The van der Waals surface area contributed by atoms with Crippen LogP contribution in [-0.2, 0) is 16.0 Å². The minimum Gasteiger partial charge on any atom is -0.369 e. The molecule has 0 saturated carbocycles. The topological polar surface area (TPSA) is 78.4 Å². The smallest absolute Gasteiger partial charge is 0.242 e. The maximum absolute atomic E-state index is 12.6. The van der Waals surface area contributed by atoms with Crippen LogP contribution >= 0.6 is 0 Å². The first-order valence-electron chi connectivity index (χ1n) is 9.19. The highest BCUT2D eigenvalue weighted by Crippen LogP contribution is 2.20. The first-order chi connectivity index (χ1) is 13.1. The molecule has 1 saturated heterocycles. The molecule has 1 fully saturated rings. The van der Waals surface area contributed by atoms with E-state index in [9.17, 15) is 9.59 Å². The summed E-state index contributed by atoms with van der Waals surface area (Å²) in [5.74, 6) is -0.0184. The fourth-order valence-electron chi connectivity index (χ4n) is 3.38. The van der Waals surface area contributed by atoms with E-state index in [0.29, 0.717) is 13.1 Å². The van der Waals surface area contributed by atoms with E-state index in [1.165, 1.54) is 6.92 Å². The third-order valence-electron chi connectivity index (χ3n) is 4.67. The molecule has 0 radical (unpaired) electrons. The van der Waals surface area contributed by atoms with Crippen LogP contribution in [0.15, 0.2) is 48.9 Å². The molecule has 7 nitrogen and oxygen atoms in total. The molecule has 1 N–H and O–H groups in total. The van der Waals surface area contributed by atoms with E-state index in [1.807, 2.05) is 23.1 Å². The van der Waals surface area contributed by atoms with Gasteiger partial charge >= 0.3 is 0 Å². The van der Waals surface area contributed by atoms with Gasteiger partial charge in [0.15, 0.2) is 0 Å². The summed E-state index contributed by atoms with van der Waals surface area (Å²) in [6, 6.07) is 10.2. The summed E-state index contributed by atoms with van der Waals surface area (Å²) in [6.07, 6.45) is 5.89. The van der Waals surface area contributed by atoms with Crippen molar-refractivity contribution in [1.29, 1.82) is 0 Å². The predicted octanol–water partition coefficient (Wildman–Crippen LogP) is 1.12. The molecule has 1 aliphatic heterocycles. The summed E-state index contributed by atoms with van der Waals surface area (Å²) in [7, 11) is 0. The quantitative estimate of drug-likeness (QED) is 0.857. The number of carbonyl (C=O) groups is 2. The third-order valence-corrected chi connectivity index (χ3v) is 4.67. The molecule has 1 atom stereocenters. The monoisotopic (exact) mass is 367 g/mol. The average Bonchev–Trinajstić information content (AvgIpc) is 2.90. The molecule has 3 rings (SSSR count). The van der Waals surface area contributed by atoms with Gasteiger partial charge in [-0.15, -0.1) is 0 Å². The summed E-state index contributed by atoms with van der Waals surface area (Å²) in [6.45, 7) is 4.32. The highest BCUT2D eigenvalue weighted by Gasteiger charge is 2.26. The number of aromatic nitrogens is 2. The molecule has 1 aliphatic rings. The van der Waals surface area contributed by atoms with E-state index in [1.54, 1.807) is 18.6 Å². The SMILES string of the molecule is CC(=O)NCC(=O)N1CCN(c2ccccc2)C[C@H](Cc2cnccn2)C1. The highest BCUT2D eigenvalue weighted by molar-refractivity contribution is 5.83. The van der Waals surface area contributed by atoms with Crippen LogP contribution in [-0.4, -0.2) is 59.4 Å². The van der Waals surface area contributed by atoms with Crippen LogP contribution in [0.1, 0.15) is 12.6 Å². The second kappa shape index (κ2) is 9.12. The van der Waals surface area contributed by atoms with Gasteiger partial charge in [-0.25, -0.2) is 0 Å². The van der Waals surface area contributed by atoms with E-state index in [-0.39, 0.29) is 24.3 Å². The van der Waals surface area contributed by atoms with Crippen LogP contribution < -0.4 is 10.2 Å². The fourth-order valence-corrected chi connectivity index (χ4v) is 3.38. The zero-order valence-corrected chi connectivity index (χ0v) is 15.5. The van der Waals surface area contributed by atoms with E-state index >= 15 is 0 Å². The van der Waals surface area contributed by atoms with Gasteiger partial charge in [-0.05, 0) is 24.5 Å². The molecular weight excluding hydrogens is 342 g/mol. The first-order valence-corrected chi connectivity index (χ1v) is 9.19. The Morgan fingerprint density at radius 3 is 2.67 bits per heavy atom. The summed E-state index contributed by atoms with van der Waals surface area (Å²) in [5.41, 5.74) is 2.07. The summed E-state index contributed by atoms with van der Waals surface area (Å²) in [5, 5.41) is 2.60. The molecule has 142 valence electrons. The van der Waals surface area contributed by atoms with Crippen molar-refractivity contribution in [3.63, 3.8) is 0 Å². The van der Waals surface area contributed by atoms with Gasteiger partial charge in [0.1, 0.15) is 0 Å². The summed E-state index contributed by atoms with van der Waals surface area (Å²) >= 11 is 0. The Hall–Kier alpha value is -2.96. The number of benzene rings is 1. The summed E-state index contributed by atoms with van der Waals surface area (Å²) < 4.78 is 0. The fraction of sp³-hybridized carbons (Fsp3) is 0.400. The van der Waals surface area contributed by atoms with E-state index in [0.717, 1.165) is 30.9 Å². The number of nitrogens with zero attached hydrogens (tertiary/aromatic N) is 4. The van der Waals surface area contributed by atoms with Crippen molar-refractivity contribution in [2.75, 3.05) is 37.6 Å². The zero-order chi connectivity index (χ0) is 19.1. The largest absolute Gasteiger partial charge is 0.369 e. The molecule has 27 heavy (non-hydrogen) atoms. The van der Waals surface area contributed by atoms with Crippen LogP contribution in [0, 0.1) is 5.92 Å². The van der Waals surface area contributed by atoms with Crippen molar-refractivity contribution in [1.82, 2.24) is 20.2 Å². The molecule has 1 aromatic heterocycles. The minimum absolute atomic E-state index is 0.0402. The van der Waals surface area contributed by atoms with Crippen molar-refractivity contribution < 1.29 is 9.59 Å². The first kappa shape index (κ1) is 18.8. The molecule has 0 bridgehead atoms. The Labute approximate surface area is 159 Å². The van der Waals surface area contributed by atoms with Crippen molar-refractivity contribution in [2.45, 2.75) is 13.3 Å². The normalized spacial score (nSPS) is 17.3. The van der Waals surface area contributed by atoms with Crippen molar-refractivity contribution >= 4 is 17.5 Å². The maximum Gasteiger partial charge on any atom is 0.242 e. The molecule has 0 unspecified atom stereocenters. The lowest BCUT2D eigenvalue weighted by atomic mass is 10.0. The van der Waals surface area contributed by atoms with Gasteiger partial charge in [-0.3, -0.25) is 19.6 Å². The Bertz CT molecular complexity index is 753. The molecule has 2 aromatic rings. The van der Waals surface area contributed by atoms with Gasteiger partial charge in [-0.2, -0.15) is 0 Å². The van der Waals surface area contributed by atoms with Crippen LogP contribution in [0.25, 0.3) is 0 Å².